The number of para-hydroxylation sites is 1. The zero-order chi connectivity index (χ0) is 27.1. The number of hydrogen-bond donors (Lipinski definition) is 0. The Morgan fingerprint density at radius 3 is 2.53 bits per heavy atom. The van der Waals surface area contributed by atoms with E-state index >= 15 is 0 Å². The molecule has 3 nitrogen and oxygen atoms in total. The highest BCUT2D eigenvalue weighted by molar-refractivity contribution is 7.18. The third kappa shape index (κ3) is 3.61. The molecular formula is C28H30N2OS. The minimum atomic E-state index is -2.49. The molecule has 0 radical (unpaired) electrons. The summed E-state index contributed by atoms with van der Waals surface area (Å²) in [6, 6.07) is 11.5. The fourth-order valence-electron chi connectivity index (χ4n) is 3.88. The number of nitrogens with zero attached hydrogens (tertiary/aromatic N) is 2. The molecule has 164 valence electrons. The first-order chi connectivity index (χ1) is 17.0. The minimum absolute atomic E-state index is 0.0770. The maximum Gasteiger partial charge on any atom is 0.162 e. The number of hydrogen-bond acceptors (Lipinski definition) is 4. The fraction of sp³-hybridized carbons (Fsp3) is 0.357. The Bertz CT molecular complexity index is 1670. The van der Waals surface area contributed by atoms with Crippen molar-refractivity contribution in [1.29, 1.82) is 0 Å². The van der Waals surface area contributed by atoms with Gasteiger partial charge in [0, 0.05) is 34.8 Å². The monoisotopic (exact) mass is 447 g/mol. The summed E-state index contributed by atoms with van der Waals surface area (Å²) < 4.78 is 49.2. The Kier molecular flexibility index (Phi) is 3.57. The van der Waals surface area contributed by atoms with Crippen molar-refractivity contribution in [2.24, 2.45) is 5.41 Å². The molecule has 5 rings (SSSR count). The number of aryl methyl sites for hydroxylation is 1. The zero-order valence-corrected chi connectivity index (χ0v) is 20.1. The largest absolute Gasteiger partial charge is 0.453 e. The van der Waals surface area contributed by atoms with Gasteiger partial charge in [-0.2, -0.15) is 0 Å². The summed E-state index contributed by atoms with van der Waals surface area (Å²) in [6.45, 7) is 9.22. The predicted molar refractivity (Wildman–Crippen MR) is 137 cm³/mol. The molecule has 0 unspecified atom stereocenters. The molecule has 0 amide bonds. The van der Waals surface area contributed by atoms with E-state index in [9.17, 15) is 0 Å². The highest BCUT2D eigenvalue weighted by atomic mass is 32.1. The molecule has 32 heavy (non-hydrogen) atoms. The van der Waals surface area contributed by atoms with Gasteiger partial charge in [-0.25, -0.2) is 4.98 Å². The molecule has 0 bridgehead atoms. The standard InChI is InChI=1S/C28H30N2OS/c1-16-15-29-21(13-17(16)14-27(2,3)4)20-10-8-9-18-19-11-12-22-23(25(19)31-24(18)20)30-26(32-22)28(5,6)7/h8-13,15H,14H2,1-7H3/i1D3,14D2. The van der Waals surface area contributed by atoms with Crippen LogP contribution in [-0.2, 0) is 11.8 Å². The molecule has 3 heterocycles. The molecule has 0 aliphatic carbocycles. The van der Waals surface area contributed by atoms with E-state index in [1.807, 2.05) is 24.3 Å². The SMILES string of the molecule is [2H]C([2H])([2H])c1cnc(-c2cccc3c2oc2c3ccc3sc(C(C)(C)C)nc32)cc1C([2H])([2H])C(C)(C)C. The normalized spacial score (nSPS) is 16.1. The number of aromatic nitrogens is 2. The summed E-state index contributed by atoms with van der Waals surface area (Å²) in [5.41, 5.74) is 2.42. The van der Waals surface area contributed by atoms with Gasteiger partial charge in [-0.05, 0) is 54.0 Å². The molecule has 0 atom stereocenters. The zero-order valence-electron chi connectivity index (χ0n) is 24.3. The molecule has 0 saturated heterocycles. The number of pyridine rings is 1. The van der Waals surface area contributed by atoms with Gasteiger partial charge in [0.2, 0.25) is 0 Å². The van der Waals surface area contributed by atoms with E-state index in [0.717, 1.165) is 26.0 Å². The second-order valence-corrected chi connectivity index (χ2v) is 11.4. The Balaban J connectivity index is 1.78. The summed E-state index contributed by atoms with van der Waals surface area (Å²) in [5, 5.41) is 2.88. The van der Waals surface area contributed by atoms with E-state index in [1.54, 1.807) is 38.2 Å². The second-order valence-electron chi connectivity index (χ2n) is 10.3. The van der Waals surface area contributed by atoms with Gasteiger partial charge in [0.15, 0.2) is 5.58 Å². The number of thiazole rings is 1. The Morgan fingerprint density at radius 1 is 1.03 bits per heavy atom. The van der Waals surface area contributed by atoms with Crippen molar-refractivity contribution in [3.8, 4) is 11.3 Å². The van der Waals surface area contributed by atoms with Gasteiger partial charge >= 0.3 is 0 Å². The van der Waals surface area contributed by atoms with Crippen LogP contribution in [0.5, 0.6) is 0 Å². The summed E-state index contributed by atoms with van der Waals surface area (Å²) in [5.74, 6) is 0. The fourth-order valence-corrected chi connectivity index (χ4v) is 4.90. The van der Waals surface area contributed by atoms with Crippen LogP contribution in [0.25, 0.3) is 43.4 Å². The first-order valence-corrected chi connectivity index (χ1v) is 11.6. The molecule has 0 aliphatic heterocycles. The first-order valence-electron chi connectivity index (χ1n) is 13.3. The molecule has 3 aromatic heterocycles. The van der Waals surface area contributed by atoms with Gasteiger partial charge in [-0.3, -0.25) is 4.98 Å². The minimum Gasteiger partial charge on any atom is -0.453 e. The molecule has 2 aromatic carbocycles. The number of benzene rings is 2. The van der Waals surface area contributed by atoms with E-state index in [-0.39, 0.29) is 16.5 Å². The van der Waals surface area contributed by atoms with Crippen LogP contribution in [0.4, 0.5) is 0 Å². The van der Waals surface area contributed by atoms with Gasteiger partial charge in [0.1, 0.15) is 11.1 Å². The molecular weight excluding hydrogens is 412 g/mol. The van der Waals surface area contributed by atoms with Gasteiger partial charge in [0.05, 0.1) is 15.4 Å². The smallest absolute Gasteiger partial charge is 0.162 e. The van der Waals surface area contributed by atoms with Crippen LogP contribution < -0.4 is 0 Å². The van der Waals surface area contributed by atoms with Crippen molar-refractivity contribution in [2.45, 2.75) is 60.2 Å². The molecule has 4 heteroatoms. The lowest BCUT2D eigenvalue weighted by atomic mass is 9.86. The van der Waals surface area contributed by atoms with Crippen LogP contribution in [0, 0.1) is 12.3 Å². The number of fused-ring (bicyclic) bond motifs is 5. The highest BCUT2D eigenvalue weighted by Gasteiger charge is 2.22. The Morgan fingerprint density at radius 2 is 1.81 bits per heavy atom. The van der Waals surface area contributed by atoms with Crippen LogP contribution >= 0.6 is 11.3 Å². The van der Waals surface area contributed by atoms with E-state index in [1.165, 1.54) is 6.20 Å². The van der Waals surface area contributed by atoms with Crippen molar-refractivity contribution in [3.05, 3.63) is 58.7 Å². The molecule has 0 spiro atoms. The van der Waals surface area contributed by atoms with Crippen molar-refractivity contribution >= 4 is 43.5 Å². The molecule has 5 aromatic rings. The maximum atomic E-state index is 8.85. The molecule has 0 fully saturated rings. The summed E-state index contributed by atoms with van der Waals surface area (Å²) in [6.07, 6.45) is -0.622. The predicted octanol–water partition coefficient (Wildman–Crippen LogP) is 8.45. The average molecular weight is 448 g/mol. The molecule has 0 N–H and O–H groups in total. The molecule has 0 aliphatic rings. The number of rotatable bonds is 2. The van der Waals surface area contributed by atoms with Crippen molar-refractivity contribution in [2.75, 3.05) is 0 Å². The van der Waals surface area contributed by atoms with Crippen molar-refractivity contribution in [3.63, 3.8) is 0 Å². The van der Waals surface area contributed by atoms with Crippen LogP contribution in [0.1, 0.15) is 64.5 Å². The van der Waals surface area contributed by atoms with E-state index in [0.29, 0.717) is 22.4 Å². The average Bonchev–Trinajstić information content (AvgIpc) is 3.38. The Labute approximate surface area is 200 Å². The molecule has 0 saturated carbocycles. The van der Waals surface area contributed by atoms with Crippen LogP contribution in [0.3, 0.4) is 0 Å². The third-order valence-corrected chi connectivity index (χ3v) is 6.80. The van der Waals surface area contributed by atoms with Gasteiger partial charge < -0.3 is 4.42 Å². The van der Waals surface area contributed by atoms with E-state index in [4.69, 9.17) is 16.3 Å². The lowest BCUT2D eigenvalue weighted by molar-refractivity contribution is 0.410. The van der Waals surface area contributed by atoms with Crippen LogP contribution in [0.2, 0.25) is 0 Å². The topological polar surface area (TPSA) is 38.9 Å². The lowest BCUT2D eigenvalue weighted by Crippen LogP contribution is -2.10. The summed E-state index contributed by atoms with van der Waals surface area (Å²) in [7, 11) is 0. The van der Waals surface area contributed by atoms with E-state index < -0.39 is 18.6 Å². The third-order valence-electron chi connectivity index (χ3n) is 5.35. The quantitative estimate of drug-likeness (QED) is 0.272. The summed E-state index contributed by atoms with van der Waals surface area (Å²) in [4.78, 5) is 9.41. The van der Waals surface area contributed by atoms with E-state index in [2.05, 4.69) is 31.8 Å². The lowest BCUT2D eigenvalue weighted by Gasteiger charge is -2.20. The van der Waals surface area contributed by atoms with Gasteiger partial charge in [-0.1, -0.05) is 53.7 Å². The second kappa shape index (κ2) is 7.14. The van der Waals surface area contributed by atoms with Crippen molar-refractivity contribution < 1.29 is 11.3 Å². The highest BCUT2D eigenvalue weighted by Crippen LogP contribution is 2.41. The Hall–Kier alpha value is -2.72. The van der Waals surface area contributed by atoms with Gasteiger partial charge in [0.25, 0.3) is 0 Å². The van der Waals surface area contributed by atoms with Crippen LogP contribution in [0.15, 0.2) is 47.0 Å². The van der Waals surface area contributed by atoms with Gasteiger partial charge in [-0.15, -0.1) is 11.3 Å². The first kappa shape index (κ1) is 16.0. The summed E-state index contributed by atoms with van der Waals surface area (Å²) >= 11 is 1.66. The van der Waals surface area contributed by atoms with Crippen molar-refractivity contribution in [1.82, 2.24) is 9.97 Å². The number of furan rings is 1. The maximum absolute atomic E-state index is 8.85. The van der Waals surface area contributed by atoms with Crippen LogP contribution in [-0.4, -0.2) is 9.97 Å².